The largest absolute Gasteiger partial charge is 0.496 e. The molecular weight excluding hydrogens is 404 g/mol. The third-order valence-corrected chi connectivity index (χ3v) is 5.25. The van der Waals surface area contributed by atoms with Crippen LogP contribution in [0.5, 0.6) is 5.75 Å². The first kappa shape index (κ1) is 19.8. The van der Waals surface area contributed by atoms with Gasteiger partial charge in [0.15, 0.2) is 0 Å². The van der Waals surface area contributed by atoms with Gasteiger partial charge in [-0.3, -0.25) is 4.79 Å². The summed E-state index contributed by atoms with van der Waals surface area (Å²) in [5.41, 5.74) is 1.50. The van der Waals surface area contributed by atoms with E-state index in [0.717, 1.165) is 0 Å². The minimum Gasteiger partial charge on any atom is -0.496 e. The van der Waals surface area contributed by atoms with E-state index in [9.17, 15) is 10.1 Å². The smallest absolute Gasteiger partial charge is 0.253 e. The number of methoxy groups -OCH3 is 1. The minimum absolute atomic E-state index is 0.0425. The summed E-state index contributed by atoms with van der Waals surface area (Å²) in [7, 11) is 1.57. The molecule has 0 atom stereocenters. The van der Waals surface area contributed by atoms with Gasteiger partial charge in [-0.05, 0) is 36.4 Å². The summed E-state index contributed by atoms with van der Waals surface area (Å²) in [6.45, 7) is 2.09. The maximum absolute atomic E-state index is 12.7. The maximum atomic E-state index is 12.7. The predicted molar refractivity (Wildman–Crippen MR) is 113 cm³/mol. The Kier molecular flexibility index (Phi) is 5.59. The number of nitriles is 1. The number of halogens is 1. The van der Waals surface area contributed by atoms with Gasteiger partial charge in [0, 0.05) is 36.8 Å². The zero-order chi connectivity index (χ0) is 21.1. The second-order valence-electron chi connectivity index (χ2n) is 6.77. The summed E-state index contributed by atoms with van der Waals surface area (Å²) >= 11 is 5.90. The first-order valence-electron chi connectivity index (χ1n) is 9.45. The van der Waals surface area contributed by atoms with Gasteiger partial charge < -0.3 is 19.0 Å². The Hall–Kier alpha value is -3.50. The van der Waals surface area contributed by atoms with Gasteiger partial charge in [0.25, 0.3) is 5.91 Å². The van der Waals surface area contributed by atoms with Crippen LogP contribution in [0.4, 0.5) is 5.88 Å². The van der Waals surface area contributed by atoms with Gasteiger partial charge in [0.2, 0.25) is 17.5 Å². The zero-order valence-electron chi connectivity index (χ0n) is 16.3. The Morgan fingerprint density at radius 1 is 1.13 bits per heavy atom. The third-order valence-electron chi connectivity index (χ3n) is 5.00. The molecule has 1 amide bonds. The number of benzene rings is 2. The van der Waals surface area contributed by atoms with Crippen LogP contribution < -0.4 is 9.64 Å². The molecule has 0 aliphatic carbocycles. The van der Waals surface area contributed by atoms with E-state index in [1.165, 1.54) is 0 Å². The molecule has 1 aliphatic heterocycles. The SMILES string of the molecule is COc1ccccc1-c1nc(C#N)c(N2CCN(C(=O)c3ccc(Cl)cc3)CC2)o1. The number of rotatable bonds is 4. The minimum atomic E-state index is -0.0425. The molecule has 0 N–H and O–H groups in total. The highest BCUT2D eigenvalue weighted by atomic mass is 35.5. The van der Waals surface area contributed by atoms with E-state index in [1.807, 2.05) is 29.2 Å². The standard InChI is InChI=1S/C22H19ClN4O3/c1-29-19-5-3-2-4-17(19)20-25-18(14-24)22(30-20)27-12-10-26(11-13-27)21(28)15-6-8-16(23)9-7-15/h2-9H,10-13H2,1H3. The van der Waals surface area contributed by atoms with Gasteiger partial charge >= 0.3 is 0 Å². The number of aromatic nitrogens is 1. The van der Waals surface area contributed by atoms with E-state index >= 15 is 0 Å². The van der Waals surface area contributed by atoms with Crippen molar-refractivity contribution in [2.24, 2.45) is 0 Å². The van der Waals surface area contributed by atoms with Crippen molar-refractivity contribution in [2.75, 3.05) is 38.2 Å². The number of carbonyl (C=O) groups excluding carboxylic acids is 1. The number of para-hydroxylation sites is 1. The number of hydrogen-bond donors (Lipinski definition) is 0. The van der Waals surface area contributed by atoms with Crippen LogP contribution >= 0.6 is 11.6 Å². The summed E-state index contributed by atoms with van der Waals surface area (Å²) in [5.74, 6) is 1.32. The highest BCUT2D eigenvalue weighted by Gasteiger charge is 2.27. The molecule has 0 saturated carbocycles. The van der Waals surface area contributed by atoms with Crippen LogP contribution in [0.15, 0.2) is 52.9 Å². The summed E-state index contributed by atoms with van der Waals surface area (Å²) < 4.78 is 11.3. The van der Waals surface area contributed by atoms with Crippen LogP contribution in [0, 0.1) is 11.3 Å². The fraction of sp³-hybridized carbons (Fsp3) is 0.227. The van der Waals surface area contributed by atoms with Crippen LogP contribution in [0.2, 0.25) is 5.02 Å². The van der Waals surface area contributed by atoms with Gasteiger partial charge in [-0.1, -0.05) is 23.7 Å². The molecule has 1 saturated heterocycles. The van der Waals surface area contributed by atoms with Gasteiger partial charge in [-0.15, -0.1) is 0 Å². The lowest BCUT2D eigenvalue weighted by Crippen LogP contribution is -2.48. The molecule has 0 radical (unpaired) electrons. The van der Waals surface area contributed by atoms with Gasteiger partial charge in [-0.25, -0.2) is 0 Å². The molecule has 0 unspecified atom stereocenters. The molecule has 3 aromatic rings. The molecule has 1 aromatic heterocycles. The van der Waals surface area contributed by atoms with E-state index in [1.54, 1.807) is 36.3 Å². The fourth-order valence-corrected chi connectivity index (χ4v) is 3.55. The van der Waals surface area contributed by atoms with Crippen LogP contribution in [-0.4, -0.2) is 49.1 Å². The van der Waals surface area contributed by atoms with E-state index in [2.05, 4.69) is 11.1 Å². The van der Waals surface area contributed by atoms with E-state index in [4.69, 9.17) is 20.8 Å². The van der Waals surface area contributed by atoms with Crippen molar-refractivity contribution in [1.82, 2.24) is 9.88 Å². The molecule has 0 spiro atoms. The molecule has 0 bridgehead atoms. The average Bonchev–Trinajstić information content (AvgIpc) is 3.23. The molecule has 1 fully saturated rings. The number of ether oxygens (including phenoxy) is 1. The molecule has 2 aromatic carbocycles. The monoisotopic (exact) mass is 422 g/mol. The van der Waals surface area contributed by atoms with Crippen LogP contribution in [0.3, 0.4) is 0 Å². The number of anilines is 1. The van der Waals surface area contributed by atoms with Crippen molar-refractivity contribution >= 4 is 23.4 Å². The molecule has 8 heteroatoms. The van der Waals surface area contributed by atoms with Crippen molar-refractivity contribution in [3.63, 3.8) is 0 Å². The number of piperazine rings is 1. The van der Waals surface area contributed by atoms with Crippen LogP contribution in [0.1, 0.15) is 16.1 Å². The summed E-state index contributed by atoms with van der Waals surface area (Å²) in [4.78, 5) is 20.8. The molecule has 2 heterocycles. The third kappa shape index (κ3) is 3.82. The van der Waals surface area contributed by atoms with Gasteiger partial charge in [-0.2, -0.15) is 10.2 Å². The molecule has 152 valence electrons. The lowest BCUT2D eigenvalue weighted by atomic mass is 10.2. The molecule has 4 rings (SSSR count). The van der Waals surface area contributed by atoms with E-state index in [0.29, 0.717) is 59.9 Å². The van der Waals surface area contributed by atoms with Crippen LogP contribution in [-0.2, 0) is 0 Å². The molecule has 30 heavy (non-hydrogen) atoms. The number of nitrogens with zero attached hydrogens (tertiary/aromatic N) is 4. The lowest BCUT2D eigenvalue weighted by Gasteiger charge is -2.34. The number of hydrogen-bond acceptors (Lipinski definition) is 6. The summed E-state index contributed by atoms with van der Waals surface area (Å²) in [5, 5.41) is 10.1. The van der Waals surface area contributed by atoms with E-state index < -0.39 is 0 Å². The topological polar surface area (TPSA) is 82.6 Å². The van der Waals surface area contributed by atoms with Gasteiger partial charge in [0.05, 0.1) is 12.7 Å². The second kappa shape index (κ2) is 8.47. The van der Waals surface area contributed by atoms with Crippen molar-refractivity contribution in [2.45, 2.75) is 0 Å². The number of amides is 1. The van der Waals surface area contributed by atoms with Crippen LogP contribution in [0.25, 0.3) is 11.5 Å². The Morgan fingerprint density at radius 3 is 2.50 bits per heavy atom. The first-order chi connectivity index (χ1) is 14.6. The average molecular weight is 423 g/mol. The Labute approximate surface area is 179 Å². The second-order valence-corrected chi connectivity index (χ2v) is 7.21. The lowest BCUT2D eigenvalue weighted by molar-refractivity contribution is 0.0745. The Balaban J connectivity index is 1.51. The summed E-state index contributed by atoms with van der Waals surface area (Å²) in [6.07, 6.45) is 0. The quantitative estimate of drug-likeness (QED) is 0.635. The fourth-order valence-electron chi connectivity index (χ4n) is 3.42. The van der Waals surface area contributed by atoms with Crippen molar-refractivity contribution in [3.8, 4) is 23.3 Å². The molecular formula is C22H19ClN4O3. The maximum Gasteiger partial charge on any atom is 0.253 e. The number of carbonyl (C=O) groups is 1. The van der Waals surface area contributed by atoms with Crippen molar-refractivity contribution < 1.29 is 13.9 Å². The first-order valence-corrected chi connectivity index (χ1v) is 9.82. The summed E-state index contributed by atoms with van der Waals surface area (Å²) in [6, 6.07) is 16.3. The Morgan fingerprint density at radius 2 is 1.83 bits per heavy atom. The predicted octanol–water partition coefficient (Wildman–Crippen LogP) is 3.84. The van der Waals surface area contributed by atoms with Crippen molar-refractivity contribution in [3.05, 3.63) is 64.8 Å². The molecule has 7 nitrogen and oxygen atoms in total. The number of oxazole rings is 1. The normalized spacial score (nSPS) is 13.8. The Bertz CT molecular complexity index is 1100. The highest BCUT2D eigenvalue weighted by Crippen LogP contribution is 2.33. The molecule has 1 aliphatic rings. The zero-order valence-corrected chi connectivity index (χ0v) is 17.1. The van der Waals surface area contributed by atoms with Crippen molar-refractivity contribution in [1.29, 1.82) is 5.26 Å². The van der Waals surface area contributed by atoms with E-state index in [-0.39, 0.29) is 11.6 Å². The highest BCUT2D eigenvalue weighted by molar-refractivity contribution is 6.30. The van der Waals surface area contributed by atoms with Gasteiger partial charge in [0.1, 0.15) is 11.8 Å².